The summed E-state index contributed by atoms with van der Waals surface area (Å²) in [7, 11) is 0. The maximum atomic E-state index is 10.1. The van der Waals surface area contributed by atoms with E-state index in [2.05, 4.69) is 19.1 Å². The first-order valence-corrected chi connectivity index (χ1v) is 5.80. The van der Waals surface area contributed by atoms with Gasteiger partial charge in [-0.05, 0) is 29.5 Å². The van der Waals surface area contributed by atoms with Gasteiger partial charge < -0.3 is 5.11 Å². The third-order valence-electron chi connectivity index (χ3n) is 3.05. The Balaban J connectivity index is 2.06. The Morgan fingerprint density at radius 2 is 2.00 bits per heavy atom. The van der Waals surface area contributed by atoms with Crippen molar-refractivity contribution in [2.45, 2.75) is 38.7 Å². The molecule has 0 aromatic heterocycles. The van der Waals surface area contributed by atoms with Gasteiger partial charge in [0.1, 0.15) is 6.10 Å². The largest absolute Gasteiger partial charge is 0.384 e. The minimum atomic E-state index is -0.349. The Kier molecular flexibility index (Phi) is 3.22. The van der Waals surface area contributed by atoms with Gasteiger partial charge in [-0.25, -0.2) is 0 Å². The fourth-order valence-corrected chi connectivity index (χ4v) is 2.16. The van der Waals surface area contributed by atoms with Crippen LogP contribution >= 0.6 is 0 Å². The van der Waals surface area contributed by atoms with Crippen LogP contribution in [0.25, 0.3) is 6.08 Å². The van der Waals surface area contributed by atoms with Crippen LogP contribution in [-0.4, -0.2) is 5.11 Å². The summed E-state index contributed by atoms with van der Waals surface area (Å²) in [6.45, 7) is 2.20. The van der Waals surface area contributed by atoms with Crippen molar-refractivity contribution >= 4 is 6.08 Å². The molecule has 15 heavy (non-hydrogen) atoms. The molecule has 0 radical (unpaired) electrons. The summed E-state index contributed by atoms with van der Waals surface area (Å²) in [5.74, 6) is 0. The molecule has 1 aliphatic carbocycles. The topological polar surface area (TPSA) is 20.2 Å². The maximum absolute atomic E-state index is 10.1. The Labute approximate surface area is 91.4 Å². The molecule has 2 rings (SSSR count). The SMILES string of the molecule is CCCCCC1=Cc2ccccc2C1O. The third-order valence-corrected chi connectivity index (χ3v) is 3.05. The molecular weight excluding hydrogens is 184 g/mol. The maximum Gasteiger partial charge on any atom is 0.101 e. The summed E-state index contributed by atoms with van der Waals surface area (Å²) in [5.41, 5.74) is 3.45. The van der Waals surface area contributed by atoms with E-state index < -0.39 is 0 Å². The van der Waals surface area contributed by atoms with Crippen molar-refractivity contribution in [1.29, 1.82) is 0 Å². The van der Waals surface area contributed by atoms with Crippen LogP contribution < -0.4 is 0 Å². The molecule has 80 valence electrons. The van der Waals surface area contributed by atoms with Gasteiger partial charge in [0.2, 0.25) is 0 Å². The van der Waals surface area contributed by atoms with Crippen molar-refractivity contribution in [2.24, 2.45) is 0 Å². The van der Waals surface area contributed by atoms with Crippen molar-refractivity contribution in [3.05, 3.63) is 41.0 Å². The second-order valence-electron chi connectivity index (χ2n) is 4.21. The van der Waals surface area contributed by atoms with Gasteiger partial charge in [-0.3, -0.25) is 0 Å². The van der Waals surface area contributed by atoms with Crippen molar-refractivity contribution < 1.29 is 5.11 Å². The van der Waals surface area contributed by atoms with Gasteiger partial charge in [-0.1, -0.05) is 50.1 Å². The lowest BCUT2D eigenvalue weighted by Crippen LogP contribution is -1.96. The molecule has 0 spiro atoms. The van der Waals surface area contributed by atoms with Gasteiger partial charge in [0, 0.05) is 0 Å². The third kappa shape index (κ3) is 2.13. The Bertz CT molecular complexity index is 365. The van der Waals surface area contributed by atoms with Gasteiger partial charge in [0.15, 0.2) is 0 Å². The van der Waals surface area contributed by atoms with E-state index in [1.807, 2.05) is 18.2 Å². The van der Waals surface area contributed by atoms with Crippen molar-refractivity contribution in [3.8, 4) is 0 Å². The Morgan fingerprint density at radius 3 is 2.73 bits per heavy atom. The number of aliphatic hydroxyl groups is 1. The molecule has 0 amide bonds. The highest BCUT2D eigenvalue weighted by Crippen LogP contribution is 2.36. The van der Waals surface area contributed by atoms with Gasteiger partial charge >= 0.3 is 0 Å². The van der Waals surface area contributed by atoms with Crippen LogP contribution in [0.4, 0.5) is 0 Å². The molecular formula is C14H18O. The Hall–Kier alpha value is -1.08. The number of benzene rings is 1. The van der Waals surface area contributed by atoms with Crippen molar-refractivity contribution in [2.75, 3.05) is 0 Å². The van der Waals surface area contributed by atoms with Crippen molar-refractivity contribution in [3.63, 3.8) is 0 Å². The zero-order valence-corrected chi connectivity index (χ0v) is 9.24. The van der Waals surface area contributed by atoms with Crippen LogP contribution in [0.1, 0.15) is 49.8 Å². The molecule has 1 heteroatoms. The normalized spacial score (nSPS) is 18.8. The fourth-order valence-electron chi connectivity index (χ4n) is 2.16. The second kappa shape index (κ2) is 4.63. The minimum absolute atomic E-state index is 0.349. The van der Waals surface area contributed by atoms with Gasteiger partial charge in [0.25, 0.3) is 0 Å². The summed E-state index contributed by atoms with van der Waals surface area (Å²) in [5, 5.41) is 10.1. The first-order chi connectivity index (χ1) is 7.33. The summed E-state index contributed by atoms with van der Waals surface area (Å²) in [6, 6.07) is 8.11. The van der Waals surface area contributed by atoms with Crippen LogP contribution in [0.3, 0.4) is 0 Å². The van der Waals surface area contributed by atoms with E-state index in [0.717, 1.165) is 12.0 Å². The van der Waals surface area contributed by atoms with Gasteiger partial charge in [0.05, 0.1) is 0 Å². The molecule has 1 unspecified atom stereocenters. The number of aliphatic hydroxyl groups excluding tert-OH is 1. The fraction of sp³-hybridized carbons (Fsp3) is 0.429. The first-order valence-electron chi connectivity index (χ1n) is 5.80. The van der Waals surface area contributed by atoms with E-state index in [4.69, 9.17) is 0 Å². The number of rotatable bonds is 4. The molecule has 1 aromatic carbocycles. The zero-order valence-electron chi connectivity index (χ0n) is 9.24. The lowest BCUT2D eigenvalue weighted by atomic mass is 10.0. The first kappa shape index (κ1) is 10.4. The highest BCUT2D eigenvalue weighted by Gasteiger charge is 2.21. The zero-order chi connectivity index (χ0) is 10.7. The van der Waals surface area contributed by atoms with Gasteiger partial charge in [-0.15, -0.1) is 0 Å². The van der Waals surface area contributed by atoms with Crippen LogP contribution in [0.15, 0.2) is 29.8 Å². The number of hydrogen-bond donors (Lipinski definition) is 1. The van der Waals surface area contributed by atoms with E-state index in [0.29, 0.717) is 0 Å². The monoisotopic (exact) mass is 202 g/mol. The Morgan fingerprint density at radius 1 is 1.20 bits per heavy atom. The van der Waals surface area contributed by atoms with Crippen LogP contribution in [-0.2, 0) is 0 Å². The molecule has 0 saturated carbocycles. The molecule has 0 aliphatic heterocycles. The predicted molar refractivity (Wildman–Crippen MR) is 63.5 cm³/mol. The molecule has 0 heterocycles. The highest BCUT2D eigenvalue weighted by atomic mass is 16.3. The lowest BCUT2D eigenvalue weighted by molar-refractivity contribution is 0.215. The molecule has 1 aromatic rings. The highest BCUT2D eigenvalue weighted by molar-refractivity contribution is 5.65. The molecule has 1 nitrogen and oxygen atoms in total. The molecule has 1 N–H and O–H groups in total. The van der Waals surface area contributed by atoms with E-state index in [9.17, 15) is 5.11 Å². The summed E-state index contributed by atoms with van der Waals surface area (Å²) in [4.78, 5) is 0. The summed E-state index contributed by atoms with van der Waals surface area (Å²) >= 11 is 0. The minimum Gasteiger partial charge on any atom is -0.384 e. The average Bonchev–Trinajstić information content (AvgIpc) is 2.57. The molecule has 1 aliphatic rings. The van der Waals surface area contributed by atoms with E-state index in [-0.39, 0.29) is 6.10 Å². The number of unbranched alkanes of at least 4 members (excludes halogenated alkanes) is 2. The number of fused-ring (bicyclic) bond motifs is 1. The summed E-state index contributed by atoms with van der Waals surface area (Å²) < 4.78 is 0. The molecule has 0 saturated heterocycles. The summed E-state index contributed by atoms with van der Waals surface area (Å²) in [6.07, 6.45) is 6.50. The van der Waals surface area contributed by atoms with Crippen LogP contribution in [0.5, 0.6) is 0 Å². The standard InChI is InChI=1S/C14H18O/c1-2-3-4-8-12-10-11-7-5-6-9-13(11)14(12)15/h5-7,9-10,14-15H,2-4,8H2,1H3. The molecule has 0 fully saturated rings. The van der Waals surface area contributed by atoms with Crippen LogP contribution in [0, 0.1) is 0 Å². The average molecular weight is 202 g/mol. The second-order valence-corrected chi connectivity index (χ2v) is 4.21. The van der Waals surface area contributed by atoms with Crippen LogP contribution in [0.2, 0.25) is 0 Å². The molecule has 1 atom stereocenters. The van der Waals surface area contributed by atoms with E-state index in [1.54, 1.807) is 0 Å². The van der Waals surface area contributed by atoms with Gasteiger partial charge in [-0.2, -0.15) is 0 Å². The van der Waals surface area contributed by atoms with E-state index in [1.165, 1.54) is 30.4 Å². The molecule has 0 bridgehead atoms. The van der Waals surface area contributed by atoms with Crippen molar-refractivity contribution in [1.82, 2.24) is 0 Å². The smallest absolute Gasteiger partial charge is 0.101 e. The lowest BCUT2D eigenvalue weighted by Gasteiger charge is -2.09. The number of hydrogen-bond acceptors (Lipinski definition) is 1. The predicted octanol–water partition coefficient (Wildman–Crippen LogP) is 3.70. The quantitative estimate of drug-likeness (QED) is 0.738. The van der Waals surface area contributed by atoms with E-state index >= 15 is 0 Å².